The van der Waals surface area contributed by atoms with Crippen LogP contribution in [0.4, 0.5) is 0 Å². The molecule has 0 amide bonds. The van der Waals surface area contributed by atoms with Gasteiger partial charge in [0.25, 0.3) is 0 Å². The number of rotatable bonds is 13. The second kappa shape index (κ2) is 24.8. The molecule has 0 aliphatic heterocycles. The lowest BCUT2D eigenvalue weighted by Crippen LogP contribution is -2.02. The number of benzene rings is 4. The Hall–Kier alpha value is -6.14. The van der Waals surface area contributed by atoms with Gasteiger partial charge in [-0.05, 0) is 141 Å². The Kier molecular flexibility index (Phi) is 18.1. The molecule has 0 saturated carbocycles. The topological polar surface area (TPSA) is 103 Å². The van der Waals surface area contributed by atoms with Crippen LogP contribution in [0.15, 0.2) is 152 Å². The van der Waals surface area contributed by atoms with Crippen molar-refractivity contribution in [1.82, 2.24) is 9.97 Å². The quantitative estimate of drug-likeness (QED) is 0.0678. The number of alkyl halides is 1. The summed E-state index contributed by atoms with van der Waals surface area (Å²) in [4.78, 5) is 33.0. The second-order valence-corrected chi connectivity index (χ2v) is 19.5. The summed E-state index contributed by atoms with van der Waals surface area (Å²) in [5.74, 6) is 1.50. The zero-order valence-electron chi connectivity index (χ0n) is 37.8. The summed E-state index contributed by atoms with van der Waals surface area (Å²) in [6.45, 7) is 5.51. The predicted molar refractivity (Wildman–Crippen MR) is 285 cm³/mol. The van der Waals surface area contributed by atoms with Gasteiger partial charge in [0, 0.05) is 22.0 Å². The monoisotopic (exact) mass is 1010 g/mol. The first kappa shape index (κ1) is 49.8. The maximum absolute atomic E-state index is 12.3. The minimum atomic E-state index is -0.270. The largest absolute Gasteiger partial charge is 0.489 e. The van der Waals surface area contributed by atoms with Crippen LogP contribution in [0.5, 0.6) is 11.5 Å². The molecule has 2 unspecified atom stereocenters. The molecule has 0 fully saturated rings. The Morgan fingerprint density at radius 2 is 1.18 bits per heavy atom. The van der Waals surface area contributed by atoms with Crippen LogP contribution >= 0.6 is 38.6 Å². The van der Waals surface area contributed by atoms with Gasteiger partial charge >= 0.3 is 11.9 Å². The van der Waals surface area contributed by atoms with Crippen molar-refractivity contribution in [2.24, 2.45) is 0 Å². The number of halogens is 1. The summed E-state index contributed by atoms with van der Waals surface area (Å²) >= 11 is 6.47. The van der Waals surface area contributed by atoms with E-state index in [4.69, 9.17) is 18.9 Å². The number of aromatic amines is 2. The van der Waals surface area contributed by atoms with E-state index in [1.807, 2.05) is 111 Å². The Morgan fingerprint density at radius 1 is 0.632 bits per heavy atom. The maximum Gasteiger partial charge on any atom is 0.348 e. The molecule has 4 heterocycles. The number of fused-ring (bicyclic) bond motifs is 2. The fourth-order valence-electron chi connectivity index (χ4n) is 8.02. The van der Waals surface area contributed by atoms with E-state index < -0.39 is 0 Å². The molecule has 0 radical (unpaired) electrons. The number of H-pyrrole nitrogens is 2. The average Bonchev–Trinajstić information content (AvgIpc) is 4.16. The number of ether oxygens (including phenoxy) is 4. The van der Waals surface area contributed by atoms with E-state index >= 15 is 0 Å². The molecule has 2 atom stereocenters. The van der Waals surface area contributed by atoms with Gasteiger partial charge < -0.3 is 28.9 Å². The zero-order valence-corrected chi connectivity index (χ0v) is 41.0. The van der Waals surface area contributed by atoms with E-state index in [0.717, 1.165) is 78.4 Å². The van der Waals surface area contributed by atoms with Crippen LogP contribution in [0.3, 0.4) is 0 Å². The van der Waals surface area contributed by atoms with Crippen molar-refractivity contribution in [3.63, 3.8) is 0 Å². The molecule has 2 N–H and O–H groups in total. The summed E-state index contributed by atoms with van der Waals surface area (Å²) in [6, 6.07) is 42.4. The first-order valence-electron chi connectivity index (χ1n) is 23.0. The summed E-state index contributed by atoms with van der Waals surface area (Å²) in [6.07, 6.45) is 16.4. The van der Waals surface area contributed by atoms with E-state index in [0.29, 0.717) is 46.9 Å². The molecule has 8 aromatic rings. The Bertz CT molecular complexity index is 2860. The van der Waals surface area contributed by atoms with Crippen molar-refractivity contribution >= 4 is 71.0 Å². The molecule has 2 aliphatic rings. The van der Waals surface area contributed by atoms with E-state index in [1.54, 1.807) is 0 Å². The molecule has 11 heteroatoms. The van der Waals surface area contributed by atoms with Gasteiger partial charge in [-0.15, -0.1) is 22.7 Å². The van der Waals surface area contributed by atoms with Crippen LogP contribution in [0.2, 0.25) is 0 Å². The van der Waals surface area contributed by atoms with Gasteiger partial charge in [-0.3, -0.25) is 0 Å². The number of esters is 2. The van der Waals surface area contributed by atoms with Crippen molar-refractivity contribution in [3.8, 4) is 34.0 Å². The lowest BCUT2D eigenvalue weighted by Gasteiger charge is -2.18. The average molecular weight is 1010 g/mol. The maximum atomic E-state index is 12.3. The smallest absolute Gasteiger partial charge is 0.348 e. The first-order valence-corrected chi connectivity index (χ1v) is 25.5. The fraction of sp³-hybridized carbons (Fsp3) is 0.263. The second-order valence-electron chi connectivity index (χ2n) is 16.2. The number of thiophene rings is 2. The highest BCUT2D eigenvalue weighted by atomic mass is 79.9. The van der Waals surface area contributed by atoms with Crippen molar-refractivity contribution in [2.75, 3.05) is 13.2 Å². The van der Waals surface area contributed by atoms with Crippen LogP contribution in [0.1, 0.15) is 102 Å². The predicted octanol–water partition coefficient (Wildman–Crippen LogP) is 16.3. The lowest BCUT2D eigenvalue weighted by atomic mass is 9.88. The minimum absolute atomic E-state index is 0. The molecule has 4 aromatic carbocycles. The number of hydrogen-bond donors (Lipinski definition) is 2. The third-order valence-electron chi connectivity index (χ3n) is 11.4. The van der Waals surface area contributed by atoms with Crippen molar-refractivity contribution in [2.45, 2.75) is 83.8 Å². The number of nitrogens with one attached hydrogen (secondary N) is 2. The van der Waals surface area contributed by atoms with E-state index in [-0.39, 0.29) is 19.4 Å². The molecule has 68 heavy (non-hydrogen) atoms. The van der Waals surface area contributed by atoms with Crippen LogP contribution in [-0.4, -0.2) is 39.9 Å². The molecule has 8 nitrogen and oxygen atoms in total. The number of hydrogen-bond acceptors (Lipinski definition) is 8. The number of carbonyl (C=O) groups excluding carboxylic acids is 2. The third kappa shape index (κ3) is 13.1. The summed E-state index contributed by atoms with van der Waals surface area (Å²) in [5.41, 5.74) is 9.84. The highest BCUT2D eigenvalue weighted by molar-refractivity contribution is 9.09. The SMILES string of the molecule is BrC1C=CCCC1.C.CCOC(=O)c1cc2[nH]c(-c3ccc(OCc4ccccc4)cc3)c(C3C=CCCC3)c2s1.CCOC(=O)c1cc2[nH]c(-c3ccc(OCc4ccccc4)cc3)cc2s1. The summed E-state index contributed by atoms with van der Waals surface area (Å²) in [5, 5.41) is 0. The molecule has 352 valence electrons. The van der Waals surface area contributed by atoms with Crippen LogP contribution < -0.4 is 9.47 Å². The van der Waals surface area contributed by atoms with Gasteiger partial charge in [0.1, 0.15) is 34.5 Å². The number of allylic oxidation sites excluding steroid dienone is 4. The highest BCUT2D eigenvalue weighted by Crippen LogP contribution is 2.43. The van der Waals surface area contributed by atoms with Crippen molar-refractivity contribution in [1.29, 1.82) is 0 Å². The number of carbonyl (C=O) groups is 2. The zero-order chi connectivity index (χ0) is 46.4. The van der Waals surface area contributed by atoms with E-state index in [1.165, 1.54) is 53.9 Å². The molecule has 0 bridgehead atoms. The van der Waals surface area contributed by atoms with Gasteiger partial charge in [0.05, 0.1) is 39.3 Å². The van der Waals surface area contributed by atoms with Gasteiger partial charge in [0.2, 0.25) is 0 Å². The number of aromatic nitrogens is 2. The molecule has 10 rings (SSSR count). The van der Waals surface area contributed by atoms with E-state index in [2.05, 4.69) is 80.5 Å². The molecule has 4 aromatic heterocycles. The molecule has 0 saturated heterocycles. The summed E-state index contributed by atoms with van der Waals surface area (Å²) in [7, 11) is 0. The van der Waals surface area contributed by atoms with Gasteiger partial charge in [-0.2, -0.15) is 0 Å². The normalized spacial score (nSPS) is 15.0. The minimum Gasteiger partial charge on any atom is -0.489 e. The van der Waals surface area contributed by atoms with Crippen LogP contribution in [0.25, 0.3) is 42.9 Å². The van der Waals surface area contributed by atoms with Crippen LogP contribution in [0, 0.1) is 0 Å². The van der Waals surface area contributed by atoms with Crippen molar-refractivity contribution in [3.05, 3.63) is 178 Å². The first-order chi connectivity index (χ1) is 32.8. The van der Waals surface area contributed by atoms with Gasteiger partial charge in [-0.25, -0.2) is 9.59 Å². The lowest BCUT2D eigenvalue weighted by molar-refractivity contribution is 0.0522. The fourth-order valence-corrected chi connectivity index (χ4v) is 10.6. The highest BCUT2D eigenvalue weighted by Gasteiger charge is 2.25. The molecular formula is C57H59BrN2O6S2. The summed E-state index contributed by atoms with van der Waals surface area (Å²) < 4.78 is 24.3. The molecular weight excluding hydrogens is 953 g/mol. The van der Waals surface area contributed by atoms with Gasteiger partial charge in [0.15, 0.2) is 0 Å². The standard InChI is InChI=1S/C28H27NO3S.C22H19NO3S.C6H9Br.CH4/c1-2-31-28(30)24-17-23-27(33-24)25(20-11-7-4-8-12-20)26(29-23)21-13-15-22(16-14-21)32-18-19-9-5-3-6-10-19;1-2-25-22(24)21-13-19-20(27-21)12-18(23-19)16-8-10-17(11-9-16)26-14-15-6-4-3-5-7-15;7-6-4-2-1-3-5-6;/h3,5-7,9-11,13-17,20,29H,2,4,8,12,18H2,1H3;3-13,23H,2,14H2,1H3;2,4,6H,1,3,5H2;1H4. The van der Waals surface area contributed by atoms with Gasteiger partial charge in [-0.1, -0.05) is 108 Å². The van der Waals surface area contributed by atoms with Crippen molar-refractivity contribution < 1.29 is 28.5 Å². The van der Waals surface area contributed by atoms with Crippen LogP contribution in [-0.2, 0) is 22.7 Å². The molecule has 2 aliphatic carbocycles. The Morgan fingerprint density at radius 3 is 1.68 bits per heavy atom. The Labute approximate surface area is 416 Å². The molecule has 0 spiro atoms. The Balaban J connectivity index is 0.000000176. The third-order valence-corrected chi connectivity index (χ3v) is 14.4. The van der Waals surface area contributed by atoms with E-state index in [9.17, 15) is 9.59 Å².